The number of aromatic nitrogens is 2. The van der Waals surface area contributed by atoms with E-state index >= 15 is 0 Å². The monoisotopic (exact) mass is 739 g/mol. The van der Waals surface area contributed by atoms with Crippen molar-refractivity contribution in [1.29, 1.82) is 0 Å². The van der Waals surface area contributed by atoms with Gasteiger partial charge in [-0.1, -0.05) is 13.0 Å². The van der Waals surface area contributed by atoms with Gasteiger partial charge in [-0.2, -0.15) is 4.98 Å². The van der Waals surface area contributed by atoms with Crippen LogP contribution in [0, 0.1) is 0 Å². The minimum Gasteiger partial charge on any atom is -0.494 e. The minimum absolute atomic E-state index is 0.419. The maximum absolute atomic E-state index is 13.5. The van der Waals surface area contributed by atoms with Gasteiger partial charge >= 0.3 is 0 Å². The summed E-state index contributed by atoms with van der Waals surface area (Å²) in [5.74, 6) is 2.21. The molecule has 48 heavy (non-hydrogen) atoms. The van der Waals surface area contributed by atoms with E-state index in [-0.39, 0.29) is 0 Å². The molecule has 6 rings (SSSR count). The molecule has 12 heteroatoms. The summed E-state index contributed by atoms with van der Waals surface area (Å²) >= 11 is 3.63. The van der Waals surface area contributed by atoms with Gasteiger partial charge in [0.1, 0.15) is 18.7 Å². The summed E-state index contributed by atoms with van der Waals surface area (Å²) < 4.78 is 25.7. The Hall–Kier alpha value is -2.69. The molecule has 3 aromatic rings. The lowest BCUT2D eigenvalue weighted by Crippen LogP contribution is -2.52. The average molecular weight is 741 g/mol. The lowest BCUT2D eigenvalue weighted by Gasteiger charge is -2.43. The molecule has 0 bridgehead atoms. The average Bonchev–Trinajstić information content (AvgIpc) is 3.10. The third-order valence-corrected chi connectivity index (χ3v) is 12.3. The van der Waals surface area contributed by atoms with Crippen molar-refractivity contribution < 1.29 is 14.0 Å². The van der Waals surface area contributed by atoms with E-state index in [1.54, 1.807) is 13.3 Å². The normalized spacial score (nSPS) is 19.0. The number of rotatable bonds is 10. The SMILES string of the molecule is CCc1cc(Nc2ncc(Br)c(Nc3ccc(C4CCOCC4)cc3P(C)(C)=O)n2)c(OC)cc1N1CCC(N2CCN(C)CC2)CC1. The van der Waals surface area contributed by atoms with E-state index in [1.165, 1.54) is 42.7 Å². The van der Waals surface area contributed by atoms with Crippen molar-refractivity contribution in [2.24, 2.45) is 0 Å². The van der Waals surface area contributed by atoms with Gasteiger partial charge in [-0.05, 0) is 104 Å². The molecule has 0 amide bonds. The molecule has 3 fully saturated rings. The van der Waals surface area contributed by atoms with Crippen molar-refractivity contribution in [3.63, 3.8) is 0 Å². The van der Waals surface area contributed by atoms with Crippen molar-refractivity contribution in [3.8, 4) is 5.75 Å². The highest BCUT2D eigenvalue weighted by Gasteiger charge is 2.28. The first-order chi connectivity index (χ1) is 23.1. The Morgan fingerprint density at radius 3 is 2.38 bits per heavy atom. The van der Waals surface area contributed by atoms with E-state index in [0.717, 1.165) is 81.1 Å². The van der Waals surface area contributed by atoms with Gasteiger partial charge in [0, 0.05) is 81.8 Å². The van der Waals surface area contributed by atoms with Crippen LogP contribution in [0.3, 0.4) is 0 Å². The number of likely N-dealkylation sites (N-methyl/N-ethyl adjacent to an activating group) is 1. The van der Waals surface area contributed by atoms with Crippen LogP contribution in [0.5, 0.6) is 5.75 Å². The van der Waals surface area contributed by atoms with Crippen molar-refractivity contribution in [2.75, 3.05) is 95.5 Å². The Morgan fingerprint density at radius 2 is 1.71 bits per heavy atom. The van der Waals surface area contributed by atoms with Crippen LogP contribution < -0.4 is 25.6 Å². The van der Waals surface area contributed by atoms with Gasteiger partial charge in [0.2, 0.25) is 5.95 Å². The minimum atomic E-state index is -2.59. The highest BCUT2D eigenvalue weighted by molar-refractivity contribution is 9.10. The number of benzene rings is 2. The second-order valence-electron chi connectivity index (χ2n) is 13.7. The van der Waals surface area contributed by atoms with E-state index in [9.17, 15) is 4.57 Å². The molecule has 10 nitrogen and oxygen atoms in total. The first kappa shape index (κ1) is 35.1. The predicted molar refractivity (Wildman–Crippen MR) is 201 cm³/mol. The van der Waals surface area contributed by atoms with E-state index in [2.05, 4.69) is 84.5 Å². The lowest BCUT2D eigenvalue weighted by atomic mass is 9.91. The number of hydrogen-bond acceptors (Lipinski definition) is 10. The zero-order chi connectivity index (χ0) is 33.8. The Balaban J connectivity index is 1.19. The molecule has 2 N–H and O–H groups in total. The number of piperazine rings is 1. The summed E-state index contributed by atoms with van der Waals surface area (Å²) in [5.41, 5.74) is 5.34. The molecule has 0 radical (unpaired) electrons. The van der Waals surface area contributed by atoms with Crippen molar-refractivity contribution in [2.45, 2.75) is 51.0 Å². The standard InChI is InChI=1S/C36H51BrN7O3P/c1-6-25-21-31(33(46-3)23-32(25)44-13-9-28(10-14-44)43-17-15-42(2)16-18-43)40-36-38-24-29(37)35(41-36)39-30-8-7-27(22-34(30)48(4,5)45)26-11-19-47-20-12-26/h7-8,21-24,26,28H,6,9-20H2,1-5H3,(H2,38,39,40,41). The molecule has 1 aromatic heterocycles. The van der Waals surface area contributed by atoms with E-state index in [4.69, 9.17) is 14.5 Å². The number of anilines is 5. The van der Waals surface area contributed by atoms with Gasteiger partial charge in [-0.3, -0.25) is 4.90 Å². The summed E-state index contributed by atoms with van der Waals surface area (Å²) in [6, 6.07) is 11.3. The van der Waals surface area contributed by atoms with Crippen LogP contribution in [-0.4, -0.2) is 106 Å². The van der Waals surface area contributed by atoms with Crippen LogP contribution in [0.4, 0.5) is 28.8 Å². The zero-order valence-corrected chi connectivity index (χ0v) is 31.6. The molecule has 0 atom stereocenters. The molecule has 3 saturated heterocycles. The van der Waals surface area contributed by atoms with Crippen LogP contribution in [0.1, 0.15) is 49.7 Å². The fourth-order valence-corrected chi connectivity index (χ4v) is 8.73. The number of hydrogen-bond donors (Lipinski definition) is 2. The molecule has 3 aliphatic heterocycles. The van der Waals surface area contributed by atoms with Crippen LogP contribution in [0.15, 0.2) is 41.0 Å². The molecule has 0 unspecified atom stereocenters. The molecule has 2 aromatic carbocycles. The van der Waals surface area contributed by atoms with Crippen LogP contribution in [0.2, 0.25) is 0 Å². The molecular weight excluding hydrogens is 689 g/mol. The summed E-state index contributed by atoms with van der Waals surface area (Å²) in [4.78, 5) is 17.1. The van der Waals surface area contributed by atoms with Gasteiger partial charge in [0.15, 0.2) is 0 Å². The maximum Gasteiger partial charge on any atom is 0.229 e. The van der Waals surface area contributed by atoms with Crippen molar-refractivity contribution >= 4 is 57.2 Å². The Morgan fingerprint density at radius 1 is 0.979 bits per heavy atom. The molecule has 3 aliphatic rings. The third-order valence-electron chi connectivity index (χ3n) is 10.2. The maximum atomic E-state index is 13.5. The van der Waals surface area contributed by atoms with Gasteiger partial charge in [0.05, 0.1) is 23.0 Å². The fraction of sp³-hybridized carbons (Fsp3) is 0.556. The first-order valence-electron chi connectivity index (χ1n) is 17.3. The van der Waals surface area contributed by atoms with Crippen molar-refractivity contribution in [3.05, 3.63) is 52.1 Å². The Kier molecular flexibility index (Phi) is 11.3. The van der Waals surface area contributed by atoms with Gasteiger partial charge < -0.3 is 34.5 Å². The molecule has 0 saturated carbocycles. The first-order valence-corrected chi connectivity index (χ1v) is 20.7. The topological polar surface area (TPSA) is 95.1 Å². The van der Waals surface area contributed by atoms with E-state index < -0.39 is 7.14 Å². The summed E-state index contributed by atoms with van der Waals surface area (Å²) in [5, 5.41) is 7.71. The largest absolute Gasteiger partial charge is 0.494 e. The van der Waals surface area contributed by atoms with Gasteiger partial charge in [-0.25, -0.2) is 4.98 Å². The number of piperidine rings is 1. The van der Waals surface area contributed by atoms with Crippen LogP contribution in [-0.2, 0) is 15.7 Å². The van der Waals surface area contributed by atoms with Crippen LogP contribution in [0.25, 0.3) is 0 Å². The molecule has 0 spiro atoms. The lowest BCUT2D eigenvalue weighted by molar-refractivity contribution is 0.0853. The summed E-state index contributed by atoms with van der Waals surface area (Å²) in [6.45, 7) is 14.1. The fourth-order valence-electron chi connectivity index (χ4n) is 7.26. The highest BCUT2D eigenvalue weighted by Crippen LogP contribution is 2.41. The summed E-state index contributed by atoms with van der Waals surface area (Å²) in [7, 11) is 1.34. The predicted octanol–water partition coefficient (Wildman–Crippen LogP) is 6.66. The van der Waals surface area contributed by atoms with Gasteiger partial charge in [0.25, 0.3) is 0 Å². The number of methoxy groups -OCH3 is 1. The number of aryl methyl sites for hydroxylation is 1. The smallest absolute Gasteiger partial charge is 0.229 e. The third kappa shape index (κ3) is 8.19. The number of nitrogens with one attached hydrogen (secondary N) is 2. The van der Waals surface area contributed by atoms with E-state index in [1.807, 2.05) is 19.4 Å². The van der Waals surface area contributed by atoms with E-state index in [0.29, 0.717) is 28.2 Å². The quantitative estimate of drug-likeness (QED) is 0.220. The Labute approximate surface area is 294 Å². The second kappa shape index (κ2) is 15.5. The number of ether oxygens (including phenoxy) is 2. The highest BCUT2D eigenvalue weighted by atomic mass is 79.9. The second-order valence-corrected chi connectivity index (χ2v) is 17.8. The molecular formula is C36H51BrN7O3P. The molecule has 0 aliphatic carbocycles. The molecule has 4 heterocycles. The summed E-state index contributed by atoms with van der Waals surface area (Å²) in [6.07, 6.45) is 6.97. The van der Waals surface area contributed by atoms with Crippen molar-refractivity contribution in [1.82, 2.24) is 19.8 Å². The van der Waals surface area contributed by atoms with Crippen LogP contribution >= 0.6 is 23.1 Å². The zero-order valence-electron chi connectivity index (χ0n) is 29.1. The number of halogens is 1. The Bertz CT molecular complexity index is 1610. The number of nitrogens with zero attached hydrogens (tertiary/aromatic N) is 5. The van der Waals surface area contributed by atoms with Gasteiger partial charge in [-0.15, -0.1) is 0 Å². The molecule has 260 valence electrons.